The molecular formula is C21H18FN3O4S. The molecule has 1 amide bonds. The standard InChI is InChI=1S/C21H18FN3O4S/c1-30(27,28)24-17-9-7-14(8-10-17)18-13-19(20-6-3-11-29-20)25(23-18)21(26)15-4-2-5-16(22)12-15/h2-12,19,24H,13H2,1H3/t19-/m0/s1. The van der Waals surface area contributed by atoms with Crippen molar-refractivity contribution in [2.24, 2.45) is 5.10 Å². The van der Waals surface area contributed by atoms with Crippen LogP contribution in [0.25, 0.3) is 0 Å². The van der Waals surface area contributed by atoms with E-state index in [4.69, 9.17) is 4.42 Å². The van der Waals surface area contributed by atoms with Crippen molar-refractivity contribution in [1.82, 2.24) is 5.01 Å². The summed E-state index contributed by atoms with van der Waals surface area (Å²) < 4.78 is 44.3. The summed E-state index contributed by atoms with van der Waals surface area (Å²) in [4.78, 5) is 13.0. The molecule has 0 spiro atoms. The van der Waals surface area contributed by atoms with Crippen molar-refractivity contribution < 1.29 is 22.0 Å². The van der Waals surface area contributed by atoms with Crippen LogP contribution in [0.1, 0.15) is 34.1 Å². The van der Waals surface area contributed by atoms with Gasteiger partial charge in [-0.1, -0.05) is 18.2 Å². The van der Waals surface area contributed by atoms with Crippen LogP contribution in [-0.4, -0.2) is 31.3 Å². The Bertz CT molecular complexity index is 1210. The number of anilines is 1. The van der Waals surface area contributed by atoms with E-state index in [1.54, 1.807) is 36.4 Å². The Morgan fingerprint density at radius 3 is 2.57 bits per heavy atom. The third-order valence-corrected chi connectivity index (χ3v) is 5.19. The highest BCUT2D eigenvalue weighted by Gasteiger charge is 2.35. The van der Waals surface area contributed by atoms with Gasteiger partial charge in [-0.25, -0.2) is 17.8 Å². The molecule has 2 aromatic carbocycles. The maximum Gasteiger partial charge on any atom is 0.274 e. The lowest BCUT2D eigenvalue weighted by atomic mass is 10.0. The summed E-state index contributed by atoms with van der Waals surface area (Å²) in [6, 6.07) is 15.1. The molecule has 0 radical (unpaired) electrons. The molecule has 1 N–H and O–H groups in total. The van der Waals surface area contributed by atoms with Gasteiger partial charge >= 0.3 is 0 Å². The zero-order valence-electron chi connectivity index (χ0n) is 15.9. The van der Waals surface area contributed by atoms with Gasteiger partial charge in [-0.05, 0) is 48.0 Å². The maximum atomic E-state index is 13.6. The molecule has 154 valence electrons. The number of hydrogen-bond donors (Lipinski definition) is 1. The van der Waals surface area contributed by atoms with Crippen molar-refractivity contribution in [3.05, 3.63) is 89.6 Å². The molecule has 0 saturated heterocycles. The first-order valence-corrected chi connectivity index (χ1v) is 11.0. The minimum Gasteiger partial charge on any atom is -0.467 e. The summed E-state index contributed by atoms with van der Waals surface area (Å²) in [5.41, 5.74) is 1.98. The number of carbonyl (C=O) groups is 1. The topological polar surface area (TPSA) is 92.0 Å². The molecule has 0 aliphatic carbocycles. The molecular weight excluding hydrogens is 409 g/mol. The number of hydrogen-bond acceptors (Lipinski definition) is 5. The van der Waals surface area contributed by atoms with Crippen LogP contribution < -0.4 is 4.72 Å². The Hall–Kier alpha value is -3.46. The predicted molar refractivity (Wildman–Crippen MR) is 110 cm³/mol. The Kier molecular flexibility index (Phi) is 5.13. The lowest BCUT2D eigenvalue weighted by Crippen LogP contribution is -2.26. The molecule has 0 unspecified atom stereocenters. The summed E-state index contributed by atoms with van der Waals surface area (Å²) >= 11 is 0. The van der Waals surface area contributed by atoms with Crippen molar-refractivity contribution in [3.63, 3.8) is 0 Å². The van der Waals surface area contributed by atoms with Crippen molar-refractivity contribution in [2.75, 3.05) is 11.0 Å². The highest BCUT2D eigenvalue weighted by Crippen LogP contribution is 2.34. The fourth-order valence-corrected chi connectivity index (χ4v) is 3.84. The molecule has 7 nitrogen and oxygen atoms in total. The molecule has 2 heterocycles. The van der Waals surface area contributed by atoms with Gasteiger partial charge in [0, 0.05) is 17.7 Å². The highest BCUT2D eigenvalue weighted by atomic mass is 32.2. The third kappa shape index (κ3) is 4.25. The Labute approximate surface area is 172 Å². The van der Waals surface area contributed by atoms with E-state index in [1.807, 2.05) is 0 Å². The molecule has 4 rings (SSSR count). The molecule has 9 heteroatoms. The van der Waals surface area contributed by atoms with Crippen LogP contribution in [0, 0.1) is 5.82 Å². The Morgan fingerprint density at radius 1 is 1.17 bits per heavy atom. The number of furan rings is 1. The Balaban J connectivity index is 1.66. The van der Waals surface area contributed by atoms with E-state index in [2.05, 4.69) is 9.82 Å². The van der Waals surface area contributed by atoms with Crippen molar-refractivity contribution >= 4 is 27.3 Å². The second kappa shape index (κ2) is 7.75. The van der Waals surface area contributed by atoms with Crippen LogP contribution in [0.3, 0.4) is 0 Å². The number of amides is 1. The quantitative estimate of drug-likeness (QED) is 0.671. The van der Waals surface area contributed by atoms with Crippen LogP contribution >= 0.6 is 0 Å². The summed E-state index contributed by atoms with van der Waals surface area (Å²) in [7, 11) is -3.38. The van der Waals surface area contributed by atoms with Gasteiger partial charge in [-0.2, -0.15) is 5.10 Å². The average molecular weight is 427 g/mol. The summed E-state index contributed by atoms with van der Waals surface area (Å²) in [5, 5.41) is 5.78. The smallest absolute Gasteiger partial charge is 0.274 e. The van der Waals surface area contributed by atoms with Gasteiger partial charge in [0.05, 0.1) is 18.2 Å². The molecule has 1 aromatic heterocycles. The van der Waals surface area contributed by atoms with Gasteiger partial charge in [-0.15, -0.1) is 0 Å². The molecule has 0 bridgehead atoms. The minimum absolute atomic E-state index is 0.184. The first kappa shape index (κ1) is 19.8. The molecule has 1 atom stereocenters. The van der Waals surface area contributed by atoms with E-state index in [9.17, 15) is 17.6 Å². The number of halogens is 1. The first-order valence-electron chi connectivity index (χ1n) is 9.08. The van der Waals surface area contributed by atoms with Crippen molar-refractivity contribution in [3.8, 4) is 0 Å². The van der Waals surface area contributed by atoms with Gasteiger partial charge in [0.2, 0.25) is 10.0 Å². The lowest BCUT2D eigenvalue weighted by molar-refractivity contribution is 0.0692. The number of hydrazone groups is 1. The fourth-order valence-electron chi connectivity index (χ4n) is 3.27. The maximum absolute atomic E-state index is 13.6. The van der Waals surface area contributed by atoms with E-state index in [-0.39, 0.29) is 5.56 Å². The van der Waals surface area contributed by atoms with Gasteiger partial charge in [-0.3, -0.25) is 9.52 Å². The number of rotatable bonds is 5. The second-order valence-corrected chi connectivity index (χ2v) is 8.64. The summed E-state index contributed by atoms with van der Waals surface area (Å²) in [6.45, 7) is 0. The van der Waals surface area contributed by atoms with Crippen molar-refractivity contribution in [1.29, 1.82) is 0 Å². The van der Waals surface area contributed by atoms with Gasteiger partial charge < -0.3 is 4.42 Å². The largest absolute Gasteiger partial charge is 0.467 e. The monoisotopic (exact) mass is 427 g/mol. The van der Waals surface area contributed by atoms with Gasteiger partial charge in [0.25, 0.3) is 5.91 Å². The van der Waals surface area contributed by atoms with Crippen LogP contribution in [0.5, 0.6) is 0 Å². The zero-order valence-corrected chi connectivity index (χ0v) is 16.8. The zero-order chi connectivity index (χ0) is 21.3. The number of carbonyl (C=O) groups excluding carboxylic acids is 1. The predicted octanol–water partition coefficient (Wildman–Crippen LogP) is 3.78. The summed E-state index contributed by atoms with van der Waals surface area (Å²) in [5.74, 6) is -0.386. The SMILES string of the molecule is CS(=O)(=O)Nc1ccc(C2=NN(C(=O)c3cccc(F)c3)[C@H](c3ccco3)C2)cc1. The normalized spacial score (nSPS) is 16.4. The van der Waals surface area contributed by atoms with Crippen LogP contribution in [-0.2, 0) is 10.0 Å². The van der Waals surface area contributed by atoms with Crippen molar-refractivity contribution in [2.45, 2.75) is 12.5 Å². The number of nitrogens with one attached hydrogen (secondary N) is 1. The molecule has 3 aromatic rings. The summed E-state index contributed by atoms with van der Waals surface area (Å²) in [6.07, 6.45) is 2.99. The van der Waals surface area contributed by atoms with Crippen LogP contribution in [0.4, 0.5) is 10.1 Å². The third-order valence-electron chi connectivity index (χ3n) is 4.58. The molecule has 1 aliphatic rings. The highest BCUT2D eigenvalue weighted by molar-refractivity contribution is 7.92. The number of sulfonamides is 1. The van der Waals surface area contributed by atoms with E-state index >= 15 is 0 Å². The van der Waals surface area contributed by atoms with E-state index in [1.165, 1.54) is 35.5 Å². The lowest BCUT2D eigenvalue weighted by Gasteiger charge is -2.19. The number of nitrogens with zero attached hydrogens (tertiary/aromatic N) is 2. The molecule has 1 aliphatic heterocycles. The fraction of sp³-hybridized carbons (Fsp3) is 0.143. The Morgan fingerprint density at radius 2 is 1.93 bits per heavy atom. The minimum atomic E-state index is -3.38. The first-order chi connectivity index (χ1) is 14.3. The van der Waals surface area contributed by atoms with Gasteiger partial charge in [0.15, 0.2) is 0 Å². The average Bonchev–Trinajstić information content (AvgIpc) is 3.36. The number of benzene rings is 2. The molecule has 0 saturated carbocycles. The van der Waals surface area contributed by atoms with E-state index < -0.39 is 27.8 Å². The van der Waals surface area contributed by atoms with E-state index in [0.29, 0.717) is 23.6 Å². The second-order valence-electron chi connectivity index (χ2n) is 6.89. The molecule has 30 heavy (non-hydrogen) atoms. The molecule has 0 fully saturated rings. The van der Waals surface area contributed by atoms with E-state index in [0.717, 1.165) is 11.8 Å². The van der Waals surface area contributed by atoms with Crippen LogP contribution in [0.15, 0.2) is 76.4 Å². The van der Waals surface area contributed by atoms with Gasteiger partial charge in [0.1, 0.15) is 17.6 Å². The van der Waals surface area contributed by atoms with Crippen LogP contribution in [0.2, 0.25) is 0 Å².